The van der Waals surface area contributed by atoms with Gasteiger partial charge in [0, 0.05) is 24.9 Å². The van der Waals surface area contributed by atoms with Gasteiger partial charge in [-0.2, -0.15) is 13.2 Å². The van der Waals surface area contributed by atoms with Gasteiger partial charge in [-0.15, -0.1) is 0 Å². The maximum Gasteiger partial charge on any atom is 0.471 e. The number of nitrogens with one attached hydrogen (secondary N) is 1. The molecular formula is C15H12F3N3O2. The highest BCUT2D eigenvalue weighted by Crippen LogP contribution is 2.47. The molecule has 8 heteroatoms. The fourth-order valence-corrected chi connectivity index (χ4v) is 3.72. The first-order chi connectivity index (χ1) is 10.8. The molecule has 1 amide bonds. The monoisotopic (exact) mass is 323 g/mol. The molecule has 4 rings (SSSR count). The third-order valence-electron chi connectivity index (χ3n) is 4.64. The van der Waals surface area contributed by atoms with Crippen molar-refractivity contribution in [2.75, 3.05) is 13.1 Å². The van der Waals surface area contributed by atoms with Crippen molar-refractivity contribution >= 4 is 16.9 Å². The molecule has 1 saturated heterocycles. The minimum Gasteiger partial charge on any atom is -0.334 e. The molecule has 1 aromatic carbocycles. The number of fused-ring (bicyclic) bond motifs is 6. The lowest BCUT2D eigenvalue weighted by molar-refractivity contribution is -0.186. The van der Waals surface area contributed by atoms with Crippen LogP contribution in [-0.4, -0.2) is 40.0 Å². The number of piperidine rings is 1. The van der Waals surface area contributed by atoms with Crippen molar-refractivity contribution in [2.24, 2.45) is 0 Å². The van der Waals surface area contributed by atoms with E-state index in [4.69, 9.17) is 0 Å². The smallest absolute Gasteiger partial charge is 0.334 e. The van der Waals surface area contributed by atoms with Crippen LogP contribution in [0.3, 0.4) is 0 Å². The van der Waals surface area contributed by atoms with E-state index < -0.39 is 12.1 Å². The molecule has 0 radical (unpaired) electrons. The van der Waals surface area contributed by atoms with Gasteiger partial charge in [0.1, 0.15) is 0 Å². The molecule has 5 nitrogen and oxygen atoms in total. The zero-order chi connectivity index (χ0) is 16.4. The van der Waals surface area contributed by atoms with Crippen LogP contribution in [0.15, 0.2) is 23.1 Å². The Morgan fingerprint density at radius 2 is 1.87 bits per heavy atom. The number of alkyl halides is 3. The van der Waals surface area contributed by atoms with Crippen molar-refractivity contribution in [3.8, 4) is 0 Å². The van der Waals surface area contributed by atoms with E-state index in [1.807, 2.05) is 6.07 Å². The molecule has 0 unspecified atom stereocenters. The average Bonchev–Trinajstić information content (AvgIpc) is 2.74. The predicted octanol–water partition coefficient (Wildman–Crippen LogP) is 1.90. The Morgan fingerprint density at radius 1 is 1.22 bits per heavy atom. The first-order valence-electron chi connectivity index (χ1n) is 7.22. The minimum atomic E-state index is -4.85. The molecule has 0 saturated carbocycles. The molecule has 120 valence electrons. The number of rotatable bonds is 0. The molecule has 1 fully saturated rings. The van der Waals surface area contributed by atoms with Gasteiger partial charge in [0.25, 0.3) is 5.56 Å². The largest absolute Gasteiger partial charge is 0.471 e. The standard InChI is InChI=1S/C15H12F3N3O2/c16-15(17,18)14(23)21-5-7-1-8(6-21)10-3-12-11(2-9(7)10)19-4-13(22)20-12/h2-4,7-8H,1,5-6H2,(H,20,22)/t7-,8+/m0/s1. The Balaban J connectivity index is 1.75. The maximum atomic E-state index is 12.7. The molecule has 2 aliphatic rings. The lowest BCUT2D eigenvalue weighted by atomic mass is 9.95. The summed E-state index contributed by atoms with van der Waals surface area (Å²) in [6, 6.07) is 3.60. The summed E-state index contributed by atoms with van der Waals surface area (Å²) >= 11 is 0. The second kappa shape index (κ2) is 4.56. The van der Waals surface area contributed by atoms with Gasteiger partial charge in [-0.3, -0.25) is 9.59 Å². The Morgan fingerprint density at radius 3 is 2.52 bits per heavy atom. The van der Waals surface area contributed by atoms with Gasteiger partial charge in [-0.25, -0.2) is 4.98 Å². The number of carbonyl (C=O) groups is 1. The lowest BCUT2D eigenvalue weighted by Gasteiger charge is -2.32. The molecular weight excluding hydrogens is 311 g/mol. The highest BCUT2D eigenvalue weighted by Gasteiger charge is 2.47. The third kappa shape index (κ3) is 2.20. The van der Waals surface area contributed by atoms with Crippen molar-refractivity contribution in [1.82, 2.24) is 14.9 Å². The van der Waals surface area contributed by atoms with Gasteiger partial charge < -0.3 is 9.88 Å². The van der Waals surface area contributed by atoms with E-state index in [2.05, 4.69) is 9.97 Å². The van der Waals surface area contributed by atoms with E-state index in [9.17, 15) is 22.8 Å². The Kier molecular flexibility index (Phi) is 2.82. The maximum absolute atomic E-state index is 12.7. The molecule has 1 aliphatic carbocycles. The molecule has 1 N–H and O–H groups in total. The zero-order valence-corrected chi connectivity index (χ0v) is 11.9. The summed E-state index contributed by atoms with van der Waals surface area (Å²) in [5.74, 6) is -2.03. The van der Waals surface area contributed by atoms with Crippen LogP contribution in [0.2, 0.25) is 0 Å². The molecule has 2 aromatic rings. The summed E-state index contributed by atoms with van der Waals surface area (Å²) in [5, 5.41) is 0. The third-order valence-corrected chi connectivity index (χ3v) is 4.64. The van der Waals surface area contributed by atoms with E-state index >= 15 is 0 Å². The van der Waals surface area contributed by atoms with Gasteiger partial charge in [0.2, 0.25) is 0 Å². The van der Waals surface area contributed by atoms with Gasteiger partial charge in [-0.1, -0.05) is 0 Å². The number of aromatic nitrogens is 2. The summed E-state index contributed by atoms with van der Waals surface area (Å²) in [5.41, 5.74) is 2.68. The van der Waals surface area contributed by atoms with Crippen LogP contribution >= 0.6 is 0 Å². The number of benzene rings is 1. The van der Waals surface area contributed by atoms with Crippen molar-refractivity contribution in [3.63, 3.8) is 0 Å². The highest BCUT2D eigenvalue weighted by atomic mass is 19.4. The number of carbonyl (C=O) groups excluding carboxylic acids is 1. The topological polar surface area (TPSA) is 66.1 Å². The number of amides is 1. The van der Waals surface area contributed by atoms with Gasteiger partial charge in [0.05, 0.1) is 17.2 Å². The van der Waals surface area contributed by atoms with Crippen LogP contribution < -0.4 is 5.56 Å². The van der Waals surface area contributed by atoms with E-state index in [1.165, 1.54) is 6.20 Å². The van der Waals surface area contributed by atoms with Crippen molar-refractivity contribution in [1.29, 1.82) is 0 Å². The summed E-state index contributed by atoms with van der Waals surface area (Å²) < 4.78 is 38.0. The highest BCUT2D eigenvalue weighted by molar-refractivity contribution is 5.83. The molecule has 0 spiro atoms. The summed E-state index contributed by atoms with van der Waals surface area (Å²) in [6.45, 7) is 0.120. The van der Waals surface area contributed by atoms with Crippen molar-refractivity contribution in [3.05, 3.63) is 39.8 Å². The number of aromatic amines is 1. The number of likely N-dealkylation sites (tertiary alicyclic amines) is 1. The number of halogens is 3. The van der Waals surface area contributed by atoms with Crippen LogP contribution in [0.25, 0.3) is 11.0 Å². The zero-order valence-electron chi connectivity index (χ0n) is 11.9. The molecule has 1 aromatic heterocycles. The van der Waals surface area contributed by atoms with Crippen LogP contribution in [0.4, 0.5) is 13.2 Å². The number of hydrogen-bond donors (Lipinski definition) is 1. The first-order valence-corrected chi connectivity index (χ1v) is 7.22. The Labute approximate surface area is 128 Å². The normalized spacial score (nSPS) is 23.2. The summed E-state index contributed by atoms with van der Waals surface area (Å²) in [7, 11) is 0. The van der Waals surface area contributed by atoms with Crippen LogP contribution in [0, 0.1) is 0 Å². The molecule has 23 heavy (non-hydrogen) atoms. The SMILES string of the molecule is O=C(N1C[C@H]2C[C@@H](C1)c1cc3ncc(=O)[nH]c3cc12)C(F)(F)F. The fourth-order valence-electron chi connectivity index (χ4n) is 3.72. The van der Waals surface area contributed by atoms with Crippen molar-refractivity contribution in [2.45, 2.75) is 24.4 Å². The summed E-state index contributed by atoms with van der Waals surface area (Å²) in [4.78, 5) is 30.5. The van der Waals surface area contributed by atoms with Gasteiger partial charge >= 0.3 is 12.1 Å². The van der Waals surface area contributed by atoms with Crippen molar-refractivity contribution < 1.29 is 18.0 Å². The second-order valence-corrected chi connectivity index (χ2v) is 6.08. The van der Waals surface area contributed by atoms with E-state index in [0.717, 1.165) is 22.4 Å². The predicted molar refractivity (Wildman–Crippen MR) is 75.1 cm³/mol. The number of hydrogen-bond acceptors (Lipinski definition) is 3. The fraction of sp³-hybridized carbons (Fsp3) is 0.400. The molecule has 1 aliphatic heterocycles. The molecule has 2 bridgehead atoms. The lowest BCUT2D eigenvalue weighted by Crippen LogP contribution is -2.46. The van der Waals surface area contributed by atoms with E-state index in [0.29, 0.717) is 11.0 Å². The van der Waals surface area contributed by atoms with E-state index in [-0.39, 0.29) is 30.5 Å². The average molecular weight is 323 g/mol. The minimum absolute atomic E-state index is 0.0534. The first kappa shape index (κ1) is 14.2. The number of nitrogens with zero attached hydrogens (tertiary/aromatic N) is 2. The Hall–Kier alpha value is -2.38. The van der Waals surface area contributed by atoms with Gasteiger partial charge in [-0.05, 0) is 29.7 Å². The van der Waals surface area contributed by atoms with E-state index in [1.54, 1.807) is 6.07 Å². The number of H-pyrrole nitrogens is 1. The quantitative estimate of drug-likeness (QED) is 0.805. The summed E-state index contributed by atoms with van der Waals surface area (Å²) in [6.07, 6.45) is -2.95. The van der Waals surface area contributed by atoms with Crippen LogP contribution in [0.5, 0.6) is 0 Å². The van der Waals surface area contributed by atoms with Gasteiger partial charge in [0.15, 0.2) is 0 Å². The van der Waals surface area contributed by atoms with Crippen LogP contribution in [0.1, 0.15) is 29.4 Å². The second-order valence-electron chi connectivity index (χ2n) is 6.08. The molecule has 2 atom stereocenters. The Bertz CT molecular complexity index is 874. The molecule has 2 heterocycles. The van der Waals surface area contributed by atoms with Crippen LogP contribution in [-0.2, 0) is 4.79 Å².